The molecule has 1 amide bonds. The second-order valence-electron chi connectivity index (χ2n) is 6.11. The van der Waals surface area contributed by atoms with Gasteiger partial charge in [0, 0.05) is 18.1 Å². The van der Waals surface area contributed by atoms with E-state index >= 15 is 0 Å². The Labute approximate surface area is 152 Å². The molecule has 3 rings (SSSR count). The Balaban J connectivity index is 2.06. The van der Waals surface area contributed by atoms with E-state index in [2.05, 4.69) is 5.32 Å². The first-order valence-electron chi connectivity index (χ1n) is 7.93. The van der Waals surface area contributed by atoms with E-state index < -0.39 is 16.1 Å². The fraction of sp³-hybridized carbons (Fsp3) is 0.278. The van der Waals surface area contributed by atoms with Crippen LogP contribution in [0.4, 0.5) is 0 Å². The van der Waals surface area contributed by atoms with Crippen molar-refractivity contribution in [1.82, 2.24) is 9.62 Å². The van der Waals surface area contributed by atoms with Crippen molar-refractivity contribution in [3.8, 4) is 0 Å². The van der Waals surface area contributed by atoms with E-state index in [1.165, 1.54) is 4.31 Å². The summed E-state index contributed by atoms with van der Waals surface area (Å²) >= 11 is 5.91. The first-order chi connectivity index (χ1) is 11.8. The Kier molecular flexibility index (Phi) is 4.86. The molecule has 1 fully saturated rings. The highest BCUT2D eigenvalue weighted by molar-refractivity contribution is 7.89. The number of carbonyl (C=O) groups excluding carboxylic acids is 1. The highest BCUT2D eigenvalue weighted by Crippen LogP contribution is 2.31. The van der Waals surface area contributed by atoms with E-state index in [0.717, 1.165) is 11.1 Å². The summed E-state index contributed by atoms with van der Waals surface area (Å²) < 4.78 is 27.6. The smallest absolute Gasteiger partial charge is 0.244 e. The normalized spacial score (nSPS) is 18.8. The van der Waals surface area contributed by atoms with Gasteiger partial charge in [-0.3, -0.25) is 4.79 Å². The zero-order chi connectivity index (χ0) is 18.2. The van der Waals surface area contributed by atoms with Crippen LogP contribution in [0.1, 0.15) is 22.7 Å². The van der Waals surface area contributed by atoms with Crippen molar-refractivity contribution in [2.24, 2.45) is 0 Å². The molecule has 0 aliphatic carbocycles. The summed E-state index contributed by atoms with van der Waals surface area (Å²) in [7, 11) is -3.80. The third-order valence-corrected chi connectivity index (χ3v) is 6.55. The first kappa shape index (κ1) is 17.9. The zero-order valence-corrected chi connectivity index (χ0v) is 15.6. The number of nitrogens with one attached hydrogen (secondary N) is 1. The number of carbonyl (C=O) groups is 1. The van der Waals surface area contributed by atoms with Gasteiger partial charge in [-0.2, -0.15) is 4.31 Å². The topological polar surface area (TPSA) is 66.5 Å². The zero-order valence-electron chi connectivity index (χ0n) is 14.0. The summed E-state index contributed by atoms with van der Waals surface area (Å²) in [5.41, 5.74) is 2.50. The minimum atomic E-state index is -3.80. The highest BCUT2D eigenvalue weighted by atomic mass is 35.5. The molecule has 0 radical (unpaired) electrons. The number of rotatable bonds is 3. The summed E-state index contributed by atoms with van der Waals surface area (Å²) in [5, 5.41) is 3.27. The Morgan fingerprint density at radius 3 is 2.40 bits per heavy atom. The fourth-order valence-corrected chi connectivity index (χ4v) is 4.67. The van der Waals surface area contributed by atoms with Crippen molar-refractivity contribution in [2.75, 3.05) is 13.1 Å². The highest BCUT2D eigenvalue weighted by Gasteiger charge is 2.39. The van der Waals surface area contributed by atoms with Gasteiger partial charge < -0.3 is 5.32 Å². The summed E-state index contributed by atoms with van der Waals surface area (Å²) in [5.74, 6) is -0.332. The summed E-state index contributed by atoms with van der Waals surface area (Å²) in [6.07, 6.45) is 0. The monoisotopic (exact) mass is 378 g/mol. The van der Waals surface area contributed by atoms with Gasteiger partial charge in [-0.05, 0) is 54.8 Å². The SMILES string of the molecule is Cc1ccc(S(=O)(=O)N2CCNC(=O)C2c2ccc(Cl)cc2)cc1C. The van der Waals surface area contributed by atoms with Gasteiger partial charge in [0.25, 0.3) is 0 Å². The summed E-state index contributed by atoms with van der Waals surface area (Å²) in [6, 6.07) is 10.8. The lowest BCUT2D eigenvalue weighted by molar-refractivity contribution is -0.126. The number of piperazine rings is 1. The van der Waals surface area contributed by atoms with Gasteiger partial charge >= 0.3 is 0 Å². The van der Waals surface area contributed by atoms with Crippen molar-refractivity contribution in [3.05, 3.63) is 64.2 Å². The molecule has 1 unspecified atom stereocenters. The minimum Gasteiger partial charge on any atom is -0.353 e. The first-order valence-corrected chi connectivity index (χ1v) is 9.75. The molecule has 1 aliphatic rings. The molecule has 1 aliphatic heterocycles. The fourth-order valence-electron chi connectivity index (χ4n) is 2.88. The van der Waals surface area contributed by atoms with Gasteiger partial charge in [-0.25, -0.2) is 8.42 Å². The third kappa shape index (κ3) is 3.42. The maximum Gasteiger partial charge on any atom is 0.244 e. The molecular weight excluding hydrogens is 360 g/mol. The number of hydrogen-bond donors (Lipinski definition) is 1. The van der Waals surface area contributed by atoms with Gasteiger partial charge in [0.1, 0.15) is 6.04 Å². The van der Waals surface area contributed by atoms with Crippen LogP contribution in [0.15, 0.2) is 47.4 Å². The number of amides is 1. The molecule has 2 aromatic rings. The average Bonchev–Trinajstić information content (AvgIpc) is 2.58. The second-order valence-corrected chi connectivity index (χ2v) is 8.43. The Morgan fingerprint density at radius 1 is 1.08 bits per heavy atom. The maximum absolute atomic E-state index is 13.2. The number of halogens is 1. The number of benzene rings is 2. The van der Waals surface area contributed by atoms with Crippen molar-refractivity contribution < 1.29 is 13.2 Å². The van der Waals surface area contributed by atoms with E-state index in [1.54, 1.807) is 42.5 Å². The average molecular weight is 379 g/mol. The van der Waals surface area contributed by atoms with Crippen LogP contribution in [0.5, 0.6) is 0 Å². The lowest BCUT2D eigenvalue weighted by Gasteiger charge is -2.34. The predicted molar refractivity (Wildman–Crippen MR) is 97.0 cm³/mol. The molecule has 1 heterocycles. The van der Waals surface area contributed by atoms with Crippen LogP contribution in [0.3, 0.4) is 0 Å². The Hall–Kier alpha value is -1.89. The molecule has 1 saturated heterocycles. The van der Waals surface area contributed by atoms with Gasteiger partial charge in [0.15, 0.2) is 0 Å². The van der Waals surface area contributed by atoms with Crippen LogP contribution < -0.4 is 5.32 Å². The van der Waals surface area contributed by atoms with Gasteiger partial charge in [-0.1, -0.05) is 29.8 Å². The predicted octanol–water partition coefficient (Wildman–Crippen LogP) is 2.82. The van der Waals surface area contributed by atoms with Crippen LogP contribution in [0, 0.1) is 13.8 Å². The molecule has 1 atom stereocenters. The molecule has 5 nitrogen and oxygen atoms in total. The van der Waals surface area contributed by atoms with E-state index in [1.807, 2.05) is 13.8 Å². The van der Waals surface area contributed by atoms with Crippen LogP contribution in [-0.2, 0) is 14.8 Å². The molecule has 0 bridgehead atoms. The van der Waals surface area contributed by atoms with E-state index in [-0.39, 0.29) is 23.9 Å². The quantitative estimate of drug-likeness (QED) is 0.893. The molecular formula is C18H19ClN2O3S. The maximum atomic E-state index is 13.2. The summed E-state index contributed by atoms with van der Waals surface area (Å²) in [6.45, 7) is 4.30. The second kappa shape index (κ2) is 6.78. The summed E-state index contributed by atoms with van der Waals surface area (Å²) in [4.78, 5) is 12.6. The van der Waals surface area contributed by atoms with Crippen molar-refractivity contribution in [2.45, 2.75) is 24.8 Å². The molecule has 7 heteroatoms. The van der Waals surface area contributed by atoms with Crippen molar-refractivity contribution in [1.29, 1.82) is 0 Å². The largest absolute Gasteiger partial charge is 0.353 e. The number of hydrogen-bond acceptors (Lipinski definition) is 3. The van der Waals surface area contributed by atoms with Crippen LogP contribution in [0.25, 0.3) is 0 Å². The molecule has 0 saturated carbocycles. The van der Waals surface area contributed by atoms with Crippen LogP contribution in [-0.4, -0.2) is 31.7 Å². The molecule has 2 aromatic carbocycles. The minimum absolute atomic E-state index is 0.198. The Bertz CT molecular complexity index is 910. The van der Waals surface area contributed by atoms with E-state index in [4.69, 9.17) is 11.6 Å². The van der Waals surface area contributed by atoms with Gasteiger partial charge in [0.2, 0.25) is 15.9 Å². The van der Waals surface area contributed by atoms with Crippen LogP contribution >= 0.6 is 11.6 Å². The van der Waals surface area contributed by atoms with E-state index in [9.17, 15) is 13.2 Å². The standard InChI is InChI=1S/C18H19ClN2O3S/c1-12-3-8-16(11-13(12)2)25(23,24)21-10-9-20-18(22)17(21)14-4-6-15(19)7-5-14/h3-8,11,17H,9-10H2,1-2H3,(H,20,22). The molecule has 0 spiro atoms. The molecule has 0 aromatic heterocycles. The Morgan fingerprint density at radius 2 is 1.76 bits per heavy atom. The third-order valence-electron chi connectivity index (χ3n) is 4.44. The van der Waals surface area contributed by atoms with Gasteiger partial charge in [-0.15, -0.1) is 0 Å². The van der Waals surface area contributed by atoms with Crippen molar-refractivity contribution in [3.63, 3.8) is 0 Å². The molecule has 25 heavy (non-hydrogen) atoms. The molecule has 132 valence electrons. The van der Waals surface area contributed by atoms with Gasteiger partial charge in [0.05, 0.1) is 4.90 Å². The van der Waals surface area contributed by atoms with Crippen molar-refractivity contribution >= 4 is 27.5 Å². The number of nitrogens with zero attached hydrogens (tertiary/aromatic N) is 1. The number of sulfonamides is 1. The molecule has 1 N–H and O–H groups in total. The number of aryl methyl sites for hydroxylation is 2. The lowest BCUT2D eigenvalue weighted by atomic mass is 10.1. The van der Waals surface area contributed by atoms with Crippen LogP contribution in [0.2, 0.25) is 5.02 Å². The van der Waals surface area contributed by atoms with E-state index in [0.29, 0.717) is 10.6 Å². The lowest BCUT2D eigenvalue weighted by Crippen LogP contribution is -2.52.